The van der Waals surface area contributed by atoms with E-state index in [1.807, 2.05) is 0 Å². The van der Waals surface area contributed by atoms with Gasteiger partial charge in [-0.15, -0.1) is 0 Å². The van der Waals surface area contributed by atoms with Crippen molar-refractivity contribution in [2.24, 2.45) is 5.92 Å². The second kappa shape index (κ2) is 12.4. The molecule has 5 N–H and O–H groups in total. The van der Waals surface area contributed by atoms with Crippen molar-refractivity contribution in [3.05, 3.63) is 0 Å². The van der Waals surface area contributed by atoms with Gasteiger partial charge in [-0.3, -0.25) is 19.2 Å². The van der Waals surface area contributed by atoms with Crippen LogP contribution in [0.4, 0.5) is 0 Å². The third-order valence-electron chi connectivity index (χ3n) is 3.33. The van der Waals surface area contributed by atoms with E-state index in [9.17, 15) is 19.2 Å². The Labute approximate surface area is 141 Å². The molecule has 0 spiro atoms. The van der Waals surface area contributed by atoms with Crippen molar-refractivity contribution in [2.75, 3.05) is 26.8 Å². The van der Waals surface area contributed by atoms with Crippen LogP contribution in [-0.4, -0.2) is 66.6 Å². The summed E-state index contributed by atoms with van der Waals surface area (Å²) in [4.78, 5) is 47.2. The lowest BCUT2D eigenvalue weighted by molar-refractivity contribution is -0.134. The second-order valence-corrected chi connectivity index (χ2v) is 5.41. The summed E-state index contributed by atoms with van der Waals surface area (Å²) in [6, 6.07) is -0.994. The molecule has 0 aromatic carbocycles. The van der Waals surface area contributed by atoms with Gasteiger partial charge in [-0.1, -0.05) is 6.92 Å². The van der Waals surface area contributed by atoms with Crippen molar-refractivity contribution in [1.29, 1.82) is 0 Å². The maximum Gasteiger partial charge on any atom is 0.223 e. The highest BCUT2D eigenvalue weighted by Gasteiger charge is 2.26. The van der Waals surface area contributed by atoms with Gasteiger partial charge in [0, 0.05) is 39.0 Å². The fourth-order valence-electron chi connectivity index (χ4n) is 1.91. The zero-order valence-electron chi connectivity index (χ0n) is 14.1. The van der Waals surface area contributed by atoms with Crippen molar-refractivity contribution in [1.82, 2.24) is 16.0 Å². The summed E-state index contributed by atoms with van der Waals surface area (Å²) in [6.07, 6.45) is 0.00115. The third-order valence-corrected chi connectivity index (χ3v) is 3.33. The van der Waals surface area contributed by atoms with Crippen LogP contribution in [0.15, 0.2) is 0 Å². The number of nitrogens with one attached hydrogen (secondary N) is 3. The normalized spacial score (nSPS) is 12.8. The second-order valence-electron chi connectivity index (χ2n) is 5.41. The SMILES string of the molecule is CNC(=O)CC(NC(=O)C(C)CC(=O)NCCO)C(=O)CCCO. The molecule has 0 bridgehead atoms. The lowest BCUT2D eigenvalue weighted by Crippen LogP contribution is -2.46. The molecule has 0 radical (unpaired) electrons. The minimum absolute atomic E-state index is 0.0454. The molecule has 0 rings (SSSR count). The predicted molar refractivity (Wildman–Crippen MR) is 85.8 cm³/mol. The molecule has 138 valence electrons. The minimum atomic E-state index is -0.994. The lowest BCUT2D eigenvalue weighted by Gasteiger charge is -2.19. The van der Waals surface area contributed by atoms with Crippen molar-refractivity contribution in [2.45, 2.75) is 38.6 Å². The first-order chi connectivity index (χ1) is 11.3. The number of amides is 3. The summed E-state index contributed by atoms with van der Waals surface area (Å²) in [5, 5.41) is 24.7. The molecule has 24 heavy (non-hydrogen) atoms. The fourth-order valence-corrected chi connectivity index (χ4v) is 1.91. The number of rotatable bonds is 12. The van der Waals surface area contributed by atoms with Crippen LogP contribution in [0, 0.1) is 5.92 Å². The monoisotopic (exact) mass is 345 g/mol. The maximum atomic E-state index is 12.1. The Morgan fingerprint density at radius 1 is 1.00 bits per heavy atom. The van der Waals surface area contributed by atoms with Gasteiger partial charge in [0.15, 0.2) is 5.78 Å². The van der Waals surface area contributed by atoms with Gasteiger partial charge in [-0.25, -0.2) is 0 Å². The highest BCUT2D eigenvalue weighted by molar-refractivity contribution is 5.94. The molecule has 2 unspecified atom stereocenters. The summed E-state index contributed by atoms with van der Waals surface area (Å²) < 4.78 is 0. The Kier molecular flexibility index (Phi) is 11.4. The van der Waals surface area contributed by atoms with E-state index in [1.54, 1.807) is 0 Å². The minimum Gasteiger partial charge on any atom is -0.396 e. The van der Waals surface area contributed by atoms with Crippen LogP contribution < -0.4 is 16.0 Å². The van der Waals surface area contributed by atoms with Gasteiger partial charge in [-0.2, -0.15) is 0 Å². The summed E-state index contributed by atoms with van der Waals surface area (Å²) in [5.74, 6) is -2.34. The topological polar surface area (TPSA) is 145 Å². The highest BCUT2D eigenvalue weighted by atomic mass is 16.3. The molecular formula is C15H27N3O6. The van der Waals surface area contributed by atoms with E-state index in [0.717, 1.165) is 0 Å². The molecule has 2 atom stereocenters. The molecular weight excluding hydrogens is 318 g/mol. The average molecular weight is 345 g/mol. The Hall–Kier alpha value is -2.00. The zero-order chi connectivity index (χ0) is 18.5. The first-order valence-corrected chi connectivity index (χ1v) is 7.87. The fraction of sp³-hybridized carbons (Fsp3) is 0.733. The quantitative estimate of drug-likeness (QED) is 0.279. The zero-order valence-corrected chi connectivity index (χ0v) is 14.1. The van der Waals surface area contributed by atoms with Crippen LogP contribution in [0.1, 0.15) is 32.6 Å². The van der Waals surface area contributed by atoms with Crippen molar-refractivity contribution in [3.63, 3.8) is 0 Å². The highest BCUT2D eigenvalue weighted by Crippen LogP contribution is 2.06. The molecule has 0 saturated heterocycles. The predicted octanol–water partition coefficient (Wildman–Crippen LogP) is -1.92. The van der Waals surface area contributed by atoms with Gasteiger partial charge >= 0.3 is 0 Å². The number of aliphatic hydroxyl groups excluding tert-OH is 2. The van der Waals surface area contributed by atoms with Gasteiger partial charge in [-0.05, 0) is 6.42 Å². The molecule has 0 saturated carbocycles. The molecule has 0 heterocycles. The van der Waals surface area contributed by atoms with Crippen LogP contribution in [0.5, 0.6) is 0 Å². The Morgan fingerprint density at radius 3 is 2.21 bits per heavy atom. The Morgan fingerprint density at radius 2 is 1.67 bits per heavy atom. The Balaban J connectivity index is 4.68. The van der Waals surface area contributed by atoms with E-state index in [1.165, 1.54) is 14.0 Å². The lowest BCUT2D eigenvalue weighted by atomic mass is 10.0. The third kappa shape index (κ3) is 9.21. The van der Waals surface area contributed by atoms with Crippen LogP contribution >= 0.6 is 0 Å². The molecule has 9 heteroatoms. The number of hydrogen-bond acceptors (Lipinski definition) is 6. The summed E-state index contributed by atoms with van der Waals surface area (Å²) in [6.45, 7) is 1.28. The van der Waals surface area contributed by atoms with E-state index in [-0.39, 0.29) is 57.1 Å². The molecule has 0 aromatic heterocycles. The van der Waals surface area contributed by atoms with E-state index in [0.29, 0.717) is 0 Å². The molecule has 3 amide bonds. The van der Waals surface area contributed by atoms with Gasteiger partial charge in [0.2, 0.25) is 17.7 Å². The van der Waals surface area contributed by atoms with Crippen LogP contribution in [0.25, 0.3) is 0 Å². The number of carbonyl (C=O) groups is 4. The summed E-state index contributed by atoms with van der Waals surface area (Å²) in [5.41, 5.74) is 0. The molecule has 0 aromatic rings. The van der Waals surface area contributed by atoms with Crippen molar-refractivity contribution >= 4 is 23.5 Å². The summed E-state index contributed by atoms with van der Waals surface area (Å²) >= 11 is 0. The van der Waals surface area contributed by atoms with E-state index in [2.05, 4.69) is 16.0 Å². The van der Waals surface area contributed by atoms with Gasteiger partial charge in [0.05, 0.1) is 19.1 Å². The maximum absolute atomic E-state index is 12.1. The molecule has 0 aliphatic heterocycles. The Bertz CT molecular complexity index is 441. The first-order valence-electron chi connectivity index (χ1n) is 7.87. The van der Waals surface area contributed by atoms with E-state index in [4.69, 9.17) is 10.2 Å². The molecule has 0 aliphatic rings. The number of hydrogen-bond donors (Lipinski definition) is 5. The molecule has 9 nitrogen and oxygen atoms in total. The largest absolute Gasteiger partial charge is 0.396 e. The number of carbonyl (C=O) groups excluding carboxylic acids is 4. The van der Waals surface area contributed by atoms with Crippen molar-refractivity contribution < 1.29 is 29.4 Å². The standard InChI is InChI=1S/C15H27N3O6/c1-10(8-14(23)17-5-7-20)15(24)18-11(9-13(22)16-2)12(21)4-3-6-19/h10-11,19-20H,3-9H2,1-2H3,(H,16,22)(H,17,23)(H,18,24). The van der Waals surface area contributed by atoms with Gasteiger partial charge in [0.1, 0.15) is 0 Å². The van der Waals surface area contributed by atoms with E-state index >= 15 is 0 Å². The number of ketones is 1. The van der Waals surface area contributed by atoms with Gasteiger partial charge < -0.3 is 26.2 Å². The number of aliphatic hydroxyl groups is 2. The molecule has 0 fully saturated rings. The van der Waals surface area contributed by atoms with Gasteiger partial charge in [0.25, 0.3) is 0 Å². The van der Waals surface area contributed by atoms with Crippen LogP contribution in [0.3, 0.4) is 0 Å². The summed E-state index contributed by atoms with van der Waals surface area (Å²) in [7, 11) is 1.42. The van der Waals surface area contributed by atoms with Crippen LogP contribution in [-0.2, 0) is 19.2 Å². The van der Waals surface area contributed by atoms with E-state index < -0.39 is 23.8 Å². The number of Topliss-reactive ketones (excluding diaryl/α,β-unsaturated/α-hetero) is 1. The van der Waals surface area contributed by atoms with Crippen LogP contribution in [0.2, 0.25) is 0 Å². The molecule has 0 aliphatic carbocycles. The smallest absolute Gasteiger partial charge is 0.223 e. The average Bonchev–Trinajstić information content (AvgIpc) is 2.56. The first kappa shape index (κ1) is 22.0. The van der Waals surface area contributed by atoms with Crippen molar-refractivity contribution in [3.8, 4) is 0 Å².